The monoisotopic (exact) mass is 422 g/mol. The van der Waals surface area contributed by atoms with Crippen LogP contribution in [0.2, 0.25) is 0 Å². The van der Waals surface area contributed by atoms with E-state index < -0.39 is 0 Å². The highest BCUT2D eigenvalue weighted by molar-refractivity contribution is 5.61. The summed E-state index contributed by atoms with van der Waals surface area (Å²) in [4.78, 5) is 0. The van der Waals surface area contributed by atoms with Crippen molar-refractivity contribution in [3.05, 3.63) is 114 Å². The van der Waals surface area contributed by atoms with Gasteiger partial charge >= 0.3 is 0 Å². The van der Waals surface area contributed by atoms with Crippen molar-refractivity contribution in [2.45, 2.75) is 20.4 Å². The molecule has 2 nitrogen and oxygen atoms in total. The largest absolute Gasteiger partial charge is 1.00 e. The molecular formula is C25H24Cl2N2. The standard InChI is InChI=1S/C25H24N2.2ClH/c1-20-16-21(2)18-25(17-20)27-14-10-24(11-15-27)23-8-12-26(13-9-23)19-22-6-4-3-5-7-22;;/h3-18H,19H2,1-2H3;2*1H/q+2;;/p-2. The second-order valence-electron chi connectivity index (χ2n) is 7.08. The van der Waals surface area contributed by atoms with Gasteiger partial charge in [0, 0.05) is 42.0 Å². The molecule has 0 fully saturated rings. The number of hydrogen-bond acceptors (Lipinski definition) is 0. The summed E-state index contributed by atoms with van der Waals surface area (Å²) in [7, 11) is 0. The average molecular weight is 423 g/mol. The molecule has 0 saturated heterocycles. The van der Waals surface area contributed by atoms with Gasteiger partial charge in [0.15, 0.2) is 31.3 Å². The summed E-state index contributed by atoms with van der Waals surface area (Å²) in [6.45, 7) is 5.17. The predicted octanol–water partition coefficient (Wildman–Crippen LogP) is -1.41. The summed E-state index contributed by atoms with van der Waals surface area (Å²) in [6.07, 6.45) is 8.56. The van der Waals surface area contributed by atoms with Gasteiger partial charge < -0.3 is 24.8 Å². The molecular weight excluding hydrogens is 399 g/mol. The molecule has 0 atom stereocenters. The van der Waals surface area contributed by atoms with E-state index in [2.05, 4.69) is 121 Å². The van der Waals surface area contributed by atoms with Gasteiger partial charge in [0.1, 0.15) is 0 Å². The third-order valence-corrected chi connectivity index (χ3v) is 4.77. The summed E-state index contributed by atoms with van der Waals surface area (Å²) >= 11 is 0. The molecule has 4 heteroatoms. The topological polar surface area (TPSA) is 7.76 Å². The second-order valence-corrected chi connectivity index (χ2v) is 7.08. The minimum absolute atomic E-state index is 0. The van der Waals surface area contributed by atoms with E-state index in [4.69, 9.17) is 0 Å². The molecule has 2 aromatic carbocycles. The maximum Gasteiger partial charge on any atom is 0.211 e. The normalized spacial score (nSPS) is 10.0. The number of aryl methyl sites for hydroxylation is 2. The molecule has 0 amide bonds. The lowest BCUT2D eigenvalue weighted by atomic mass is 10.1. The molecule has 2 heterocycles. The first-order chi connectivity index (χ1) is 13.2. The lowest BCUT2D eigenvalue weighted by Crippen LogP contribution is -3.00. The molecule has 0 radical (unpaired) electrons. The molecule has 0 unspecified atom stereocenters. The minimum Gasteiger partial charge on any atom is -1.00 e. The van der Waals surface area contributed by atoms with Gasteiger partial charge in [0.2, 0.25) is 5.69 Å². The van der Waals surface area contributed by atoms with Crippen LogP contribution in [0.15, 0.2) is 97.6 Å². The van der Waals surface area contributed by atoms with Crippen LogP contribution in [0.25, 0.3) is 16.8 Å². The molecule has 0 spiro atoms. The van der Waals surface area contributed by atoms with E-state index in [1.54, 1.807) is 0 Å². The van der Waals surface area contributed by atoms with Crippen molar-refractivity contribution < 1.29 is 33.9 Å². The van der Waals surface area contributed by atoms with E-state index in [0.717, 1.165) is 6.54 Å². The molecule has 0 aliphatic carbocycles. The van der Waals surface area contributed by atoms with E-state index in [1.165, 1.54) is 33.5 Å². The number of aromatic nitrogens is 2. The van der Waals surface area contributed by atoms with Crippen molar-refractivity contribution in [2.24, 2.45) is 0 Å². The number of halogens is 2. The Morgan fingerprint density at radius 3 is 1.69 bits per heavy atom. The predicted molar refractivity (Wildman–Crippen MR) is 109 cm³/mol. The van der Waals surface area contributed by atoms with Gasteiger partial charge in [0.25, 0.3) is 0 Å². The van der Waals surface area contributed by atoms with Gasteiger partial charge in [-0.1, -0.05) is 36.4 Å². The van der Waals surface area contributed by atoms with Crippen LogP contribution in [0.3, 0.4) is 0 Å². The molecule has 0 N–H and O–H groups in total. The van der Waals surface area contributed by atoms with Crippen LogP contribution >= 0.6 is 0 Å². The lowest BCUT2D eigenvalue weighted by molar-refractivity contribution is -0.688. The van der Waals surface area contributed by atoms with Crippen LogP contribution in [0.4, 0.5) is 0 Å². The maximum absolute atomic E-state index is 2.21. The zero-order valence-corrected chi connectivity index (χ0v) is 18.1. The van der Waals surface area contributed by atoms with Gasteiger partial charge in [-0.25, -0.2) is 4.57 Å². The zero-order valence-electron chi connectivity index (χ0n) is 16.6. The first kappa shape index (κ1) is 22.6. The zero-order chi connectivity index (χ0) is 18.6. The summed E-state index contributed by atoms with van der Waals surface area (Å²) < 4.78 is 4.37. The lowest BCUT2D eigenvalue weighted by Gasteiger charge is -2.03. The van der Waals surface area contributed by atoms with Gasteiger partial charge in [-0.3, -0.25) is 0 Å². The van der Waals surface area contributed by atoms with Crippen LogP contribution in [0, 0.1) is 13.8 Å². The third kappa shape index (κ3) is 5.66. The Balaban J connectivity index is 0.00000150. The van der Waals surface area contributed by atoms with Crippen molar-refractivity contribution in [3.8, 4) is 16.8 Å². The van der Waals surface area contributed by atoms with Crippen molar-refractivity contribution in [1.29, 1.82) is 0 Å². The van der Waals surface area contributed by atoms with Crippen molar-refractivity contribution in [3.63, 3.8) is 0 Å². The highest BCUT2D eigenvalue weighted by atomic mass is 35.5. The number of rotatable bonds is 4. The first-order valence-electron chi connectivity index (χ1n) is 9.31. The SMILES string of the molecule is Cc1cc(C)cc(-[n+]2ccc(-c3cc[n+](Cc4ccccc4)cc3)cc2)c1.[Cl-].[Cl-]. The molecule has 0 saturated carbocycles. The van der Waals surface area contributed by atoms with Crippen LogP contribution in [0.5, 0.6) is 0 Å². The van der Waals surface area contributed by atoms with Gasteiger partial charge in [-0.05, 0) is 36.1 Å². The Bertz CT molecular complexity index is 1020. The Labute approximate surface area is 185 Å². The van der Waals surface area contributed by atoms with Crippen molar-refractivity contribution in [1.82, 2.24) is 0 Å². The van der Waals surface area contributed by atoms with E-state index >= 15 is 0 Å². The van der Waals surface area contributed by atoms with Gasteiger partial charge in [-0.2, -0.15) is 4.57 Å². The molecule has 148 valence electrons. The fraction of sp³-hybridized carbons (Fsp3) is 0.120. The highest BCUT2D eigenvalue weighted by Crippen LogP contribution is 2.17. The van der Waals surface area contributed by atoms with Crippen LogP contribution in [-0.4, -0.2) is 0 Å². The third-order valence-electron chi connectivity index (χ3n) is 4.77. The van der Waals surface area contributed by atoms with Crippen molar-refractivity contribution >= 4 is 0 Å². The van der Waals surface area contributed by atoms with E-state index in [9.17, 15) is 0 Å². The molecule has 0 aliphatic heterocycles. The smallest absolute Gasteiger partial charge is 0.211 e. The fourth-order valence-electron chi connectivity index (χ4n) is 3.44. The Hall–Kier alpha value is -2.68. The molecule has 29 heavy (non-hydrogen) atoms. The van der Waals surface area contributed by atoms with Crippen LogP contribution in [-0.2, 0) is 6.54 Å². The van der Waals surface area contributed by atoms with E-state index in [1.807, 2.05) is 0 Å². The van der Waals surface area contributed by atoms with E-state index in [-0.39, 0.29) is 24.8 Å². The molecule has 0 bridgehead atoms. The van der Waals surface area contributed by atoms with Gasteiger partial charge in [-0.15, -0.1) is 0 Å². The molecule has 4 rings (SSSR count). The van der Waals surface area contributed by atoms with Crippen molar-refractivity contribution in [2.75, 3.05) is 0 Å². The Morgan fingerprint density at radius 2 is 1.14 bits per heavy atom. The molecule has 0 aliphatic rings. The Morgan fingerprint density at radius 1 is 0.621 bits per heavy atom. The highest BCUT2D eigenvalue weighted by Gasteiger charge is 2.09. The maximum atomic E-state index is 2.21. The van der Waals surface area contributed by atoms with E-state index in [0.29, 0.717) is 0 Å². The summed E-state index contributed by atoms with van der Waals surface area (Å²) in [5.41, 5.74) is 7.53. The number of nitrogens with zero attached hydrogens (tertiary/aromatic N) is 2. The molecule has 4 aromatic rings. The van der Waals surface area contributed by atoms with Crippen LogP contribution in [0.1, 0.15) is 16.7 Å². The fourth-order valence-corrected chi connectivity index (χ4v) is 3.44. The minimum atomic E-state index is 0. The summed E-state index contributed by atoms with van der Waals surface area (Å²) in [6, 6.07) is 25.9. The quantitative estimate of drug-likeness (QED) is 0.357. The van der Waals surface area contributed by atoms with Crippen LogP contribution < -0.4 is 33.9 Å². The molecule has 2 aromatic heterocycles. The number of pyridine rings is 2. The number of benzene rings is 2. The number of hydrogen-bond donors (Lipinski definition) is 0. The summed E-state index contributed by atoms with van der Waals surface area (Å²) in [5, 5.41) is 0. The first-order valence-corrected chi connectivity index (χ1v) is 9.31. The Kier molecular flexibility index (Phi) is 7.95. The second kappa shape index (κ2) is 10.2. The summed E-state index contributed by atoms with van der Waals surface area (Å²) in [5.74, 6) is 0. The van der Waals surface area contributed by atoms with Gasteiger partial charge in [0.05, 0.1) is 0 Å². The average Bonchev–Trinajstić information content (AvgIpc) is 2.69.